The SMILES string of the molecule is CC(C)COc1nc(N)c2ncc(Cc3ccc(CN4CCCC4)cc3)n2n1. The van der Waals surface area contributed by atoms with Gasteiger partial charge < -0.3 is 10.5 Å². The van der Waals surface area contributed by atoms with Crippen LogP contribution in [0.1, 0.15) is 43.5 Å². The van der Waals surface area contributed by atoms with Crippen LogP contribution in [0.25, 0.3) is 5.65 Å². The summed E-state index contributed by atoms with van der Waals surface area (Å²) in [5.41, 5.74) is 10.2. The number of hydrogen-bond acceptors (Lipinski definition) is 6. The van der Waals surface area contributed by atoms with Crippen molar-refractivity contribution in [3.63, 3.8) is 0 Å². The van der Waals surface area contributed by atoms with E-state index in [9.17, 15) is 0 Å². The van der Waals surface area contributed by atoms with Crippen molar-refractivity contribution in [1.29, 1.82) is 0 Å². The summed E-state index contributed by atoms with van der Waals surface area (Å²) in [5, 5.41) is 4.48. The van der Waals surface area contributed by atoms with Crippen LogP contribution in [-0.2, 0) is 13.0 Å². The second-order valence-corrected chi connectivity index (χ2v) is 7.95. The molecule has 0 amide bonds. The molecule has 3 aromatic rings. The maximum Gasteiger partial charge on any atom is 0.336 e. The van der Waals surface area contributed by atoms with Gasteiger partial charge in [-0.25, -0.2) is 9.50 Å². The van der Waals surface area contributed by atoms with Gasteiger partial charge in [0.15, 0.2) is 11.5 Å². The number of anilines is 1. The fourth-order valence-corrected chi connectivity index (χ4v) is 3.52. The third-order valence-corrected chi connectivity index (χ3v) is 5.00. The quantitative estimate of drug-likeness (QED) is 0.679. The van der Waals surface area contributed by atoms with Gasteiger partial charge in [0.2, 0.25) is 0 Å². The normalized spacial score (nSPS) is 15.0. The molecular weight excluding hydrogens is 352 g/mol. The standard InChI is InChI=1S/C21H28N6O/c1-15(2)14-28-21-24-19(22)20-23-12-18(27(20)25-21)11-16-5-7-17(8-6-16)13-26-9-3-4-10-26/h5-8,12,15H,3-4,9-11,13-14H2,1-2H3,(H2,22,24,25). The van der Waals surface area contributed by atoms with Crippen molar-refractivity contribution in [2.45, 2.75) is 39.7 Å². The zero-order chi connectivity index (χ0) is 19.5. The number of benzene rings is 1. The average Bonchev–Trinajstić information content (AvgIpc) is 3.32. The van der Waals surface area contributed by atoms with Gasteiger partial charge in [-0.05, 0) is 43.0 Å². The summed E-state index contributed by atoms with van der Waals surface area (Å²) in [6.45, 7) is 8.18. The molecule has 1 saturated heterocycles. The highest BCUT2D eigenvalue weighted by atomic mass is 16.5. The Morgan fingerprint density at radius 2 is 1.82 bits per heavy atom. The van der Waals surface area contributed by atoms with Crippen LogP contribution in [-0.4, -0.2) is 44.2 Å². The van der Waals surface area contributed by atoms with Crippen molar-refractivity contribution in [1.82, 2.24) is 24.5 Å². The number of ether oxygens (including phenoxy) is 1. The summed E-state index contributed by atoms with van der Waals surface area (Å²) in [4.78, 5) is 11.1. The molecule has 3 heterocycles. The topological polar surface area (TPSA) is 81.6 Å². The lowest BCUT2D eigenvalue weighted by molar-refractivity contribution is 0.247. The monoisotopic (exact) mass is 380 g/mol. The highest BCUT2D eigenvalue weighted by Crippen LogP contribution is 2.18. The van der Waals surface area contributed by atoms with Crippen molar-refractivity contribution >= 4 is 11.5 Å². The average molecular weight is 380 g/mol. The van der Waals surface area contributed by atoms with Crippen molar-refractivity contribution in [3.8, 4) is 6.01 Å². The fourth-order valence-electron chi connectivity index (χ4n) is 3.52. The summed E-state index contributed by atoms with van der Waals surface area (Å²) in [6.07, 6.45) is 5.18. The van der Waals surface area contributed by atoms with E-state index in [0.29, 0.717) is 30.0 Å². The molecule has 148 valence electrons. The van der Waals surface area contributed by atoms with Crippen LogP contribution in [0.5, 0.6) is 6.01 Å². The smallest absolute Gasteiger partial charge is 0.336 e. The Labute approximate surface area is 165 Å². The largest absolute Gasteiger partial charge is 0.462 e. The Balaban J connectivity index is 1.50. The van der Waals surface area contributed by atoms with Gasteiger partial charge in [-0.2, -0.15) is 4.98 Å². The number of imidazole rings is 1. The van der Waals surface area contributed by atoms with E-state index in [1.165, 1.54) is 37.1 Å². The van der Waals surface area contributed by atoms with Crippen LogP contribution in [0.4, 0.5) is 5.82 Å². The molecule has 28 heavy (non-hydrogen) atoms. The second kappa shape index (κ2) is 8.14. The molecule has 0 unspecified atom stereocenters. The highest BCUT2D eigenvalue weighted by molar-refractivity contribution is 5.59. The van der Waals surface area contributed by atoms with Gasteiger partial charge in [0.25, 0.3) is 0 Å². The number of nitrogens with zero attached hydrogens (tertiary/aromatic N) is 5. The van der Waals surface area contributed by atoms with E-state index >= 15 is 0 Å². The van der Waals surface area contributed by atoms with Crippen molar-refractivity contribution in [2.24, 2.45) is 5.92 Å². The molecule has 7 heteroatoms. The summed E-state index contributed by atoms with van der Waals surface area (Å²) in [5.74, 6) is 0.725. The molecule has 1 aliphatic rings. The van der Waals surface area contributed by atoms with E-state index in [0.717, 1.165) is 18.7 Å². The van der Waals surface area contributed by atoms with Crippen LogP contribution in [0.3, 0.4) is 0 Å². The minimum atomic E-state index is 0.291. The zero-order valence-corrected chi connectivity index (χ0v) is 16.6. The Hall–Kier alpha value is -2.67. The number of likely N-dealkylation sites (tertiary alicyclic amines) is 1. The molecule has 0 radical (unpaired) electrons. The first-order valence-electron chi connectivity index (χ1n) is 10.0. The third-order valence-electron chi connectivity index (χ3n) is 5.00. The van der Waals surface area contributed by atoms with Crippen LogP contribution in [0.15, 0.2) is 30.5 Å². The zero-order valence-electron chi connectivity index (χ0n) is 16.6. The summed E-state index contributed by atoms with van der Waals surface area (Å²) >= 11 is 0. The molecule has 1 aliphatic heterocycles. The van der Waals surface area contributed by atoms with E-state index < -0.39 is 0 Å². The van der Waals surface area contributed by atoms with Gasteiger partial charge in [-0.3, -0.25) is 4.90 Å². The molecule has 0 aliphatic carbocycles. The van der Waals surface area contributed by atoms with E-state index in [-0.39, 0.29) is 0 Å². The van der Waals surface area contributed by atoms with Crippen LogP contribution >= 0.6 is 0 Å². The molecule has 4 rings (SSSR count). The molecule has 0 spiro atoms. The highest BCUT2D eigenvalue weighted by Gasteiger charge is 2.14. The first kappa shape index (κ1) is 18.7. The summed E-state index contributed by atoms with van der Waals surface area (Å²) in [7, 11) is 0. The third kappa shape index (κ3) is 4.25. The molecule has 2 aromatic heterocycles. The van der Waals surface area contributed by atoms with Gasteiger partial charge in [0, 0.05) is 13.0 Å². The summed E-state index contributed by atoms with van der Waals surface area (Å²) in [6, 6.07) is 9.10. The van der Waals surface area contributed by atoms with E-state index in [1.54, 1.807) is 4.52 Å². The fraction of sp³-hybridized carbons (Fsp3) is 0.476. The van der Waals surface area contributed by atoms with Crippen molar-refractivity contribution in [2.75, 3.05) is 25.4 Å². The predicted octanol–water partition coefficient (Wildman–Crippen LogP) is 2.93. The van der Waals surface area contributed by atoms with Crippen molar-refractivity contribution < 1.29 is 4.74 Å². The lowest BCUT2D eigenvalue weighted by Gasteiger charge is -2.14. The molecule has 1 fully saturated rings. The van der Waals surface area contributed by atoms with E-state index in [2.05, 4.69) is 58.1 Å². The molecule has 1 aromatic carbocycles. The number of hydrogen-bond donors (Lipinski definition) is 1. The molecule has 0 atom stereocenters. The maximum absolute atomic E-state index is 6.05. The van der Waals surface area contributed by atoms with Crippen LogP contribution < -0.4 is 10.5 Å². The van der Waals surface area contributed by atoms with Gasteiger partial charge in [0.05, 0.1) is 18.5 Å². The molecule has 2 N–H and O–H groups in total. The number of nitrogens with two attached hydrogens (primary N) is 1. The first-order valence-corrected chi connectivity index (χ1v) is 10.0. The number of nitrogen functional groups attached to an aromatic ring is 1. The lowest BCUT2D eigenvalue weighted by atomic mass is 10.1. The van der Waals surface area contributed by atoms with Gasteiger partial charge in [-0.1, -0.05) is 38.1 Å². The Bertz CT molecular complexity index is 928. The molecular formula is C21H28N6O. The number of aromatic nitrogens is 4. The predicted molar refractivity (Wildman–Crippen MR) is 109 cm³/mol. The maximum atomic E-state index is 6.05. The van der Waals surface area contributed by atoms with Gasteiger partial charge >= 0.3 is 6.01 Å². The molecule has 7 nitrogen and oxygen atoms in total. The number of rotatable bonds is 7. The number of fused-ring (bicyclic) bond motifs is 1. The first-order chi connectivity index (χ1) is 13.6. The van der Waals surface area contributed by atoms with Gasteiger partial charge in [0.1, 0.15) is 0 Å². The van der Waals surface area contributed by atoms with E-state index in [1.807, 2.05) is 6.20 Å². The molecule has 0 bridgehead atoms. The molecule has 0 saturated carbocycles. The Kier molecular flexibility index (Phi) is 5.43. The van der Waals surface area contributed by atoms with E-state index in [4.69, 9.17) is 10.5 Å². The Morgan fingerprint density at radius 1 is 1.11 bits per heavy atom. The Morgan fingerprint density at radius 3 is 2.54 bits per heavy atom. The van der Waals surface area contributed by atoms with Gasteiger partial charge in [-0.15, -0.1) is 5.10 Å². The minimum Gasteiger partial charge on any atom is -0.462 e. The van der Waals surface area contributed by atoms with Crippen molar-refractivity contribution in [3.05, 3.63) is 47.3 Å². The minimum absolute atomic E-state index is 0.291. The lowest BCUT2D eigenvalue weighted by Crippen LogP contribution is -2.18. The second-order valence-electron chi connectivity index (χ2n) is 7.95. The van der Waals surface area contributed by atoms with Crippen LogP contribution in [0, 0.1) is 5.92 Å². The summed E-state index contributed by atoms with van der Waals surface area (Å²) < 4.78 is 7.40. The van der Waals surface area contributed by atoms with Crippen LogP contribution in [0.2, 0.25) is 0 Å².